The summed E-state index contributed by atoms with van der Waals surface area (Å²) >= 11 is 0. The van der Waals surface area contributed by atoms with Crippen LogP contribution in [-0.4, -0.2) is 23.7 Å². The van der Waals surface area contributed by atoms with Gasteiger partial charge in [-0.25, -0.2) is 0 Å². The summed E-state index contributed by atoms with van der Waals surface area (Å²) in [5.41, 5.74) is 2.88. The highest BCUT2D eigenvalue weighted by Crippen LogP contribution is 2.30. The molecule has 1 unspecified atom stereocenters. The Bertz CT molecular complexity index is 698. The molecule has 0 radical (unpaired) electrons. The average Bonchev–Trinajstić information content (AvgIpc) is 2.54. The number of aryl methyl sites for hydroxylation is 1. The van der Waals surface area contributed by atoms with Crippen LogP contribution in [-0.2, 0) is 11.2 Å². The van der Waals surface area contributed by atoms with Gasteiger partial charge in [0.25, 0.3) is 5.91 Å². The third-order valence-electron chi connectivity index (χ3n) is 3.83. The number of ether oxygens (including phenoxy) is 1. The summed E-state index contributed by atoms with van der Waals surface area (Å²) < 4.78 is 5.42. The second-order valence-electron chi connectivity index (χ2n) is 5.80. The van der Waals surface area contributed by atoms with Crippen molar-refractivity contribution in [1.29, 1.82) is 0 Å². The highest BCUT2D eigenvalue weighted by atomic mass is 16.5. The molecule has 0 aliphatic carbocycles. The highest BCUT2D eigenvalue weighted by molar-refractivity contribution is 5.95. The maximum atomic E-state index is 11.3. The molecule has 0 bridgehead atoms. The third kappa shape index (κ3) is 3.94. The van der Waals surface area contributed by atoms with Gasteiger partial charge in [-0.1, -0.05) is 12.1 Å². The van der Waals surface area contributed by atoms with Crippen molar-refractivity contribution in [2.45, 2.75) is 25.8 Å². The van der Waals surface area contributed by atoms with Gasteiger partial charge in [-0.05, 0) is 49.6 Å². The monoisotopic (exact) mass is 312 g/mol. The van der Waals surface area contributed by atoms with Crippen LogP contribution in [0.1, 0.15) is 18.9 Å². The molecule has 0 saturated carbocycles. The van der Waals surface area contributed by atoms with Crippen LogP contribution in [0.4, 0.5) is 11.4 Å². The van der Waals surface area contributed by atoms with Crippen molar-refractivity contribution < 1.29 is 14.6 Å². The van der Waals surface area contributed by atoms with E-state index in [1.807, 2.05) is 30.3 Å². The van der Waals surface area contributed by atoms with Crippen molar-refractivity contribution in [3.8, 4) is 11.5 Å². The number of anilines is 2. The first-order valence-corrected chi connectivity index (χ1v) is 7.71. The Hall–Kier alpha value is -2.69. The lowest BCUT2D eigenvalue weighted by atomic mass is 10.1. The number of carbonyl (C=O) groups excluding carboxylic acids is 1. The van der Waals surface area contributed by atoms with Crippen molar-refractivity contribution in [1.82, 2.24) is 0 Å². The van der Waals surface area contributed by atoms with Gasteiger partial charge in [0.15, 0.2) is 6.61 Å². The summed E-state index contributed by atoms with van der Waals surface area (Å²) in [5, 5.41) is 15.5. The van der Waals surface area contributed by atoms with E-state index in [0.29, 0.717) is 23.2 Å². The zero-order valence-corrected chi connectivity index (χ0v) is 13.0. The van der Waals surface area contributed by atoms with Gasteiger partial charge < -0.3 is 20.5 Å². The van der Waals surface area contributed by atoms with Gasteiger partial charge >= 0.3 is 0 Å². The summed E-state index contributed by atoms with van der Waals surface area (Å²) in [6.07, 6.45) is 1.91. The fourth-order valence-corrected chi connectivity index (χ4v) is 2.57. The Balaban J connectivity index is 1.56. The van der Waals surface area contributed by atoms with Crippen molar-refractivity contribution in [2.24, 2.45) is 0 Å². The summed E-state index contributed by atoms with van der Waals surface area (Å²) in [7, 11) is 0. The van der Waals surface area contributed by atoms with Crippen LogP contribution in [0.2, 0.25) is 0 Å². The molecule has 0 fully saturated rings. The van der Waals surface area contributed by atoms with Crippen LogP contribution in [0.15, 0.2) is 42.5 Å². The molecule has 2 aromatic carbocycles. The Kier molecular flexibility index (Phi) is 4.37. The number of amides is 1. The molecule has 5 nitrogen and oxygen atoms in total. The van der Waals surface area contributed by atoms with Gasteiger partial charge in [-0.2, -0.15) is 0 Å². The zero-order valence-electron chi connectivity index (χ0n) is 13.0. The standard InChI is InChI=1S/C18H20N2O3/c1-12(2-3-13-4-7-15(21)8-5-13)19-14-6-9-16-17(10-14)23-11-18(22)20-16/h4-10,12,19,21H,2-3,11H2,1H3,(H,20,22). The number of hydrogen-bond donors (Lipinski definition) is 3. The van der Waals surface area contributed by atoms with E-state index in [9.17, 15) is 9.90 Å². The number of fused-ring (bicyclic) bond motifs is 1. The number of phenols is 1. The molecule has 3 N–H and O–H groups in total. The lowest BCUT2D eigenvalue weighted by Crippen LogP contribution is -2.25. The van der Waals surface area contributed by atoms with Gasteiger partial charge in [-0.3, -0.25) is 4.79 Å². The molecule has 2 aromatic rings. The number of aromatic hydroxyl groups is 1. The first-order chi connectivity index (χ1) is 11.1. The van der Waals surface area contributed by atoms with E-state index >= 15 is 0 Å². The molecule has 3 rings (SSSR count). The molecule has 0 spiro atoms. The first-order valence-electron chi connectivity index (χ1n) is 7.71. The molecule has 1 atom stereocenters. The smallest absolute Gasteiger partial charge is 0.262 e. The number of rotatable bonds is 5. The van der Waals surface area contributed by atoms with E-state index in [4.69, 9.17) is 4.74 Å². The SMILES string of the molecule is CC(CCc1ccc(O)cc1)Nc1ccc2c(c1)OCC(=O)N2. The van der Waals surface area contributed by atoms with Crippen molar-refractivity contribution in [3.05, 3.63) is 48.0 Å². The zero-order chi connectivity index (χ0) is 16.2. The normalized spacial score (nSPS) is 14.4. The number of hydrogen-bond acceptors (Lipinski definition) is 4. The minimum absolute atomic E-state index is 0.0624. The Morgan fingerprint density at radius 2 is 2.04 bits per heavy atom. The molecule has 1 aliphatic heterocycles. The minimum Gasteiger partial charge on any atom is -0.508 e. The van der Waals surface area contributed by atoms with Gasteiger partial charge in [0.05, 0.1) is 5.69 Å². The van der Waals surface area contributed by atoms with Gasteiger partial charge in [0, 0.05) is 17.8 Å². The van der Waals surface area contributed by atoms with Crippen LogP contribution < -0.4 is 15.4 Å². The van der Waals surface area contributed by atoms with Crippen LogP contribution in [0, 0.1) is 0 Å². The van der Waals surface area contributed by atoms with E-state index in [1.54, 1.807) is 12.1 Å². The Labute approximate surface area is 135 Å². The van der Waals surface area contributed by atoms with Crippen LogP contribution in [0.5, 0.6) is 11.5 Å². The number of benzene rings is 2. The van der Waals surface area contributed by atoms with Crippen LogP contribution in [0.3, 0.4) is 0 Å². The van der Waals surface area contributed by atoms with Crippen molar-refractivity contribution in [3.63, 3.8) is 0 Å². The fourth-order valence-electron chi connectivity index (χ4n) is 2.57. The van der Waals surface area contributed by atoms with E-state index in [0.717, 1.165) is 18.5 Å². The lowest BCUT2D eigenvalue weighted by molar-refractivity contribution is -0.118. The topological polar surface area (TPSA) is 70.6 Å². The molecule has 120 valence electrons. The Morgan fingerprint density at radius 3 is 2.83 bits per heavy atom. The lowest BCUT2D eigenvalue weighted by Gasteiger charge is -2.20. The van der Waals surface area contributed by atoms with Crippen molar-refractivity contribution in [2.75, 3.05) is 17.2 Å². The largest absolute Gasteiger partial charge is 0.508 e. The highest BCUT2D eigenvalue weighted by Gasteiger charge is 2.16. The predicted molar refractivity (Wildman–Crippen MR) is 90.1 cm³/mol. The number of phenolic OH excluding ortho intramolecular Hbond substituents is 1. The second kappa shape index (κ2) is 6.60. The van der Waals surface area contributed by atoms with Gasteiger partial charge in [0.1, 0.15) is 11.5 Å². The van der Waals surface area contributed by atoms with Crippen LogP contribution in [0.25, 0.3) is 0 Å². The molecule has 1 amide bonds. The number of nitrogens with one attached hydrogen (secondary N) is 2. The maximum Gasteiger partial charge on any atom is 0.262 e. The van der Waals surface area contributed by atoms with E-state index in [2.05, 4.69) is 17.6 Å². The Morgan fingerprint density at radius 1 is 1.26 bits per heavy atom. The van der Waals surface area contributed by atoms with E-state index in [-0.39, 0.29) is 12.5 Å². The fraction of sp³-hybridized carbons (Fsp3) is 0.278. The van der Waals surface area contributed by atoms with Crippen LogP contribution >= 0.6 is 0 Å². The first kappa shape index (κ1) is 15.2. The minimum atomic E-state index is -0.125. The molecule has 1 heterocycles. The third-order valence-corrected chi connectivity index (χ3v) is 3.83. The average molecular weight is 312 g/mol. The molecule has 0 aromatic heterocycles. The summed E-state index contributed by atoms with van der Waals surface area (Å²) in [5.74, 6) is 0.863. The predicted octanol–water partition coefficient (Wildman–Crippen LogP) is 3.16. The van der Waals surface area contributed by atoms with E-state index < -0.39 is 0 Å². The van der Waals surface area contributed by atoms with Gasteiger partial charge in [0.2, 0.25) is 0 Å². The van der Waals surface area contributed by atoms with Crippen molar-refractivity contribution >= 4 is 17.3 Å². The molecule has 0 saturated heterocycles. The van der Waals surface area contributed by atoms with Gasteiger partial charge in [-0.15, -0.1) is 0 Å². The molecule has 23 heavy (non-hydrogen) atoms. The summed E-state index contributed by atoms with van der Waals surface area (Å²) in [4.78, 5) is 11.3. The maximum absolute atomic E-state index is 11.3. The molecule has 5 heteroatoms. The molecule has 1 aliphatic rings. The van der Waals surface area contributed by atoms with E-state index in [1.165, 1.54) is 5.56 Å². The molecular weight excluding hydrogens is 292 g/mol. The quantitative estimate of drug-likeness (QED) is 0.793. The number of carbonyl (C=O) groups is 1. The second-order valence-corrected chi connectivity index (χ2v) is 5.80. The summed E-state index contributed by atoms with van der Waals surface area (Å²) in [6.45, 7) is 2.19. The summed E-state index contributed by atoms with van der Waals surface area (Å²) in [6, 6.07) is 13.3. The molecular formula is C18H20N2O3.